The first kappa shape index (κ1) is 8.34. The van der Waals surface area contributed by atoms with E-state index in [1.54, 1.807) is 0 Å². The summed E-state index contributed by atoms with van der Waals surface area (Å²) in [5, 5.41) is 8.84. The van der Waals surface area contributed by atoms with Crippen LogP contribution in [0.4, 0.5) is 0 Å². The summed E-state index contributed by atoms with van der Waals surface area (Å²) in [5.74, 6) is 0.543. The molecule has 58 valence electrons. The van der Waals surface area contributed by atoms with E-state index in [1.807, 2.05) is 18.2 Å². The fraction of sp³-hybridized carbons (Fsp3) is 0.333. The zero-order chi connectivity index (χ0) is 8.27. The van der Waals surface area contributed by atoms with E-state index in [-0.39, 0.29) is 7.48 Å². The van der Waals surface area contributed by atoms with E-state index in [1.165, 1.54) is 5.56 Å². The van der Waals surface area contributed by atoms with E-state index in [0.29, 0.717) is 5.92 Å². The van der Waals surface area contributed by atoms with Crippen LogP contribution in [0.15, 0.2) is 24.3 Å². The Morgan fingerprint density at radius 2 is 2.09 bits per heavy atom. The van der Waals surface area contributed by atoms with Crippen molar-refractivity contribution in [3.05, 3.63) is 29.8 Å². The zero-order valence-corrected chi connectivity index (χ0v) is 7.04. The number of hydrogen-bond acceptors (Lipinski definition) is 1. The smallest absolute Gasteiger partial charge is 0.304 e. The first-order valence-electron chi connectivity index (χ1n) is 3.93. The second-order valence-electron chi connectivity index (χ2n) is 3.06. The molecule has 0 heterocycles. The summed E-state index contributed by atoms with van der Waals surface area (Å²) < 4.78 is 0. The highest BCUT2D eigenvalue weighted by atomic mass is 16.2. The molecule has 0 bridgehead atoms. The molecule has 1 rings (SSSR count). The van der Waals surface area contributed by atoms with Gasteiger partial charge in [0, 0.05) is 0 Å². The maximum atomic E-state index is 8.84. The lowest BCUT2D eigenvalue weighted by molar-refractivity contribution is 0.615. The zero-order valence-electron chi connectivity index (χ0n) is 7.04. The molecule has 0 aliphatic carbocycles. The van der Waals surface area contributed by atoms with Crippen molar-refractivity contribution in [1.82, 2.24) is 0 Å². The molecule has 11 heavy (non-hydrogen) atoms. The maximum Gasteiger partial charge on any atom is 0.304 e. The van der Waals surface area contributed by atoms with Gasteiger partial charge >= 0.3 is 7.48 Å². The highest BCUT2D eigenvalue weighted by Gasteiger charge is 1.99. The van der Waals surface area contributed by atoms with Crippen LogP contribution in [0.2, 0.25) is 0 Å². The van der Waals surface area contributed by atoms with E-state index in [2.05, 4.69) is 19.9 Å². The van der Waals surface area contributed by atoms with Gasteiger partial charge in [0.2, 0.25) is 0 Å². The van der Waals surface area contributed by atoms with E-state index in [0.717, 1.165) is 5.46 Å². The van der Waals surface area contributed by atoms with Gasteiger partial charge in [-0.15, -0.1) is 0 Å². The molecular weight excluding hydrogens is 135 g/mol. The molecule has 0 amide bonds. The first-order chi connectivity index (χ1) is 5.24. The van der Waals surface area contributed by atoms with Crippen LogP contribution in [0.1, 0.15) is 25.3 Å². The van der Waals surface area contributed by atoms with E-state index in [4.69, 9.17) is 5.02 Å². The molecule has 1 aromatic rings. The van der Waals surface area contributed by atoms with Crippen LogP contribution in [0.3, 0.4) is 0 Å². The SMILES string of the molecule is CC(C)c1cccc(BO)c1. The summed E-state index contributed by atoms with van der Waals surface area (Å²) >= 11 is 0. The van der Waals surface area contributed by atoms with Crippen LogP contribution in [0.5, 0.6) is 0 Å². The maximum absolute atomic E-state index is 8.84. The molecule has 0 aromatic heterocycles. The lowest BCUT2D eigenvalue weighted by atomic mass is 9.86. The Bertz CT molecular complexity index is 233. The molecule has 0 fully saturated rings. The highest BCUT2D eigenvalue weighted by Crippen LogP contribution is 2.10. The molecule has 2 heteroatoms. The van der Waals surface area contributed by atoms with Crippen molar-refractivity contribution in [2.24, 2.45) is 0 Å². The minimum atomic E-state index is 0.139. The van der Waals surface area contributed by atoms with Gasteiger partial charge in [0.15, 0.2) is 0 Å². The van der Waals surface area contributed by atoms with Crippen LogP contribution >= 0.6 is 0 Å². The van der Waals surface area contributed by atoms with Crippen LogP contribution in [-0.4, -0.2) is 12.5 Å². The Morgan fingerprint density at radius 1 is 1.36 bits per heavy atom. The topological polar surface area (TPSA) is 20.2 Å². The largest absolute Gasteiger partial charge is 0.449 e. The van der Waals surface area contributed by atoms with Gasteiger partial charge in [0.25, 0.3) is 0 Å². The Hall–Kier alpha value is -0.755. The van der Waals surface area contributed by atoms with Crippen molar-refractivity contribution in [3.8, 4) is 0 Å². The molecule has 0 saturated carbocycles. The number of benzene rings is 1. The number of rotatable bonds is 2. The van der Waals surface area contributed by atoms with Gasteiger partial charge in [-0.2, -0.15) is 0 Å². The molecular formula is C9H13BO. The predicted octanol–water partition coefficient (Wildman–Crippen LogP) is 0.779. The van der Waals surface area contributed by atoms with Crippen molar-refractivity contribution < 1.29 is 5.02 Å². The summed E-state index contributed by atoms with van der Waals surface area (Å²) in [6, 6.07) is 8.06. The van der Waals surface area contributed by atoms with E-state index < -0.39 is 0 Å². The summed E-state index contributed by atoms with van der Waals surface area (Å²) in [7, 11) is 0.139. The third-order valence-electron chi connectivity index (χ3n) is 1.80. The fourth-order valence-electron chi connectivity index (χ4n) is 1.05. The van der Waals surface area contributed by atoms with Crippen molar-refractivity contribution in [1.29, 1.82) is 0 Å². The van der Waals surface area contributed by atoms with E-state index in [9.17, 15) is 0 Å². The highest BCUT2D eigenvalue weighted by molar-refractivity contribution is 6.45. The minimum absolute atomic E-state index is 0.139. The van der Waals surface area contributed by atoms with Gasteiger partial charge < -0.3 is 5.02 Å². The van der Waals surface area contributed by atoms with Crippen LogP contribution in [-0.2, 0) is 0 Å². The molecule has 0 aliphatic heterocycles. The third-order valence-corrected chi connectivity index (χ3v) is 1.80. The molecule has 1 nitrogen and oxygen atoms in total. The molecule has 0 unspecified atom stereocenters. The standard InChI is InChI=1S/C9H13BO/c1-7(2)8-4-3-5-9(6-8)10-11/h3-7,10-11H,1-2H3. The second-order valence-corrected chi connectivity index (χ2v) is 3.06. The lowest BCUT2D eigenvalue weighted by Crippen LogP contribution is -2.13. The van der Waals surface area contributed by atoms with Crippen LogP contribution in [0.25, 0.3) is 0 Å². The number of hydrogen-bond donors (Lipinski definition) is 1. The average Bonchev–Trinajstić information content (AvgIpc) is 2.05. The van der Waals surface area contributed by atoms with Gasteiger partial charge in [-0.3, -0.25) is 0 Å². The monoisotopic (exact) mass is 148 g/mol. The van der Waals surface area contributed by atoms with Gasteiger partial charge in [-0.1, -0.05) is 43.6 Å². The Kier molecular flexibility index (Phi) is 2.72. The summed E-state index contributed by atoms with van der Waals surface area (Å²) in [5.41, 5.74) is 2.28. The molecule has 0 saturated heterocycles. The van der Waals surface area contributed by atoms with Gasteiger partial charge in [0.1, 0.15) is 0 Å². The quantitative estimate of drug-likeness (QED) is 0.614. The van der Waals surface area contributed by atoms with Crippen molar-refractivity contribution >= 4 is 12.9 Å². The second kappa shape index (κ2) is 3.58. The lowest BCUT2D eigenvalue weighted by Gasteiger charge is -2.05. The first-order valence-corrected chi connectivity index (χ1v) is 3.93. The molecule has 0 spiro atoms. The predicted molar refractivity (Wildman–Crippen MR) is 49.5 cm³/mol. The Morgan fingerprint density at radius 3 is 2.64 bits per heavy atom. The van der Waals surface area contributed by atoms with Crippen molar-refractivity contribution in [3.63, 3.8) is 0 Å². The molecule has 0 aliphatic rings. The third kappa shape index (κ3) is 2.09. The molecule has 0 atom stereocenters. The summed E-state index contributed by atoms with van der Waals surface area (Å²) in [6.45, 7) is 4.30. The van der Waals surface area contributed by atoms with Crippen molar-refractivity contribution in [2.45, 2.75) is 19.8 Å². The molecule has 0 radical (unpaired) electrons. The summed E-state index contributed by atoms with van der Waals surface area (Å²) in [6.07, 6.45) is 0. The normalized spacial score (nSPS) is 10.2. The van der Waals surface area contributed by atoms with Crippen molar-refractivity contribution in [2.75, 3.05) is 0 Å². The van der Waals surface area contributed by atoms with E-state index >= 15 is 0 Å². The molecule has 1 aromatic carbocycles. The Balaban J connectivity index is 2.91. The molecule has 1 N–H and O–H groups in total. The van der Waals surface area contributed by atoms with Gasteiger partial charge in [-0.25, -0.2) is 0 Å². The van der Waals surface area contributed by atoms with Gasteiger partial charge in [0.05, 0.1) is 0 Å². The van der Waals surface area contributed by atoms with Crippen LogP contribution in [0, 0.1) is 0 Å². The fourth-order valence-corrected chi connectivity index (χ4v) is 1.05. The van der Waals surface area contributed by atoms with Crippen LogP contribution < -0.4 is 5.46 Å². The summed E-state index contributed by atoms with van der Waals surface area (Å²) in [4.78, 5) is 0. The Labute approximate surface area is 68.3 Å². The minimum Gasteiger partial charge on any atom is -0.449 e. The average molecular weight is 148 g/mol. The van der Waals surface area contributed by atoms with Gasteiger partial charge in [-0.05, 0) is 11.5 Å².